The molecule has 0 radical (unpaired) electrons. The van der Waals surface area contributed by atoms with Crippen molar-refractivity contribution >= 4 is 11.9 Å². The van der Waals surface area contributed by atoms with Gasteiger partial charge in [-0.2, -0.15) is 0 Å². The zero-order valence-corrected chi connectivity index (χ0v) is 6.25. The Labute approximate surface area is 64.8 Å². The van der Waals surface area contributed by atoms with E-state index in [1.807, 2.05) is 0 Å². The molecular weight excluding hydrogens is 148 g/mol. The highest BCUT2D eigenvalue weighted by atomic mass is 16.4. The molecule has 0 aliphatic heterocycles. The first-order valence-corrected chi connectivity index (χ1v) is 3.61. The fraction of sp³-hybridized carbons (Fsp3) is 0.714. The van der Waals surface area contributed by atoms with E-state index in [1.165, 1.54) is 32.1 Å². The Kier molecular flexibility index (Phi) is 5.15. The molecule has 0 unspecified atom stereocenters. The highest BCUT2D eigenvalue weighted by Crippen LogP contribution is 2.15. The van der Waals surface area contributed by atoms with Gasteiger partial charge in [-0.05, 0) is 0 Å². The van der Waals surface area contributed by atoms with Crippen LogP contribution in [0, 0.1) is 0 Å². The summed E-state index contributed by atoms with van der Waals surface area (Å²) in [6, 6.07) is 0. The first-order valence-electron chi connectivity index (χ1n) is 3.61. The van der Waals surface area contributed by atoms with E-state index in [0.717, 1.165) is 0 Å². The van der Waals surface area contributed by atoms with Crippen LogP contribution in [0.2, 0.25) is 0 Å². The second kappa shape index (κ2) is 5.70. The lowest BCUT2D eigenvalue weighted by atomic mass is 10.4. The molecule has 0 spiro atoms. The standard InChI is InChI=1S/C5H10.C2H2O4/c1-2-4-5-3-1;3-1(4)2(5)6/h1-5H2;(H,3,4)(H,5,6). The van der Waals surface area contributed by atoms with Crippen LogP contribution in [0.15, 0.2) is 0 Å². The van der Waals surface area contributed by atoms with Crippen molar-refractivity contribution in [2.75, 3.05) is 0 Å². The molecule has 0 bridgehead atoms. The maximum atomic E-state index is 9.10. The SMILES string of the molecule is C1CCCC1.O=C(O)C(=O)O. The minimum Gasteiger partial charge on any atom is -0.473 e. The third kappa shape index (κ3) is 6.83. The molecular formula is C7H12O4. The average Bonchev–Trinajstić information content (AvgIpc) is 2.41. The molecule has 1 aliphatic rings. The minimum absolute atomic E-state index is 1.50. The number of hydrogen-bond donors (Lipinski definition) is 2. The van der Waals surface area contributed by atoms with E-state index in [4.69, 9.17) is 19.8 Å². The van der Waals surface area contributed by atoms with Gasteiger partial charge in [0, 0.05) is 0 Å². The van der Waals surface area contributed by atoms with E-state index < -0.39 is 11.9 Å². The first kappa shape index (κ1) is 9.94. The number of rotatable bonds is 0. The Balaban J connectivity index is 0.000000183. The van der Waals surface area contributed by atoms with Gasteiger partial charge in [0.1, 0.15) is 0 Å². The van der Waals surface area contributed by atoms with Gasteiger partial charge in [-0.3, -0.25) is 0 Å². The number of carboxylic acids is 2. The Morgan fingerprint density at radius 1 is 0.727 bits per heavy atom. The Morgan fingerprint density at radius 2 is 0.909 bits per heavy atom. The van der Waals surface area contributed by atoms with Gasteiger partial charge in [0.2, 0.25) is 0 Å². The second-order valence-corrected chi connectivity index (χ2v) is 2.38. The molecule has 0 amide bonds. The highest BCUT2D eigenvalue weighted by molar-refractivity contribution is 6.27. The molecule has 0 aromatic rings. The van der Waals surface area contributed by atoms with Crippen molar-refractivity contribution in [3.63, 3.8) is 0 Å². The average molecular weight is 160 g/mol. The predicted molar refractivity (Wildman–Crippen MR) is 38.4 cm³/mol. The fourth-order valence-corrected chi connectivity index (χ4v) is 0.884. The van der Waals surface area contributed by atoms with E-state index >= 15 is 0 Å². The maximum absolute atomic E-state index is 9.10. The van der Waals surface area contributed by atoms with Crippen LogP contribution in [0.3, 0.4) is 0 Å². The van der Waals surface area contributed by atoms with Crippen LogP contribution in [0.25, 0.3) is 0 Å². The quantitative estimate of drug-likeness (QED) is 0.520. The molecule has 0 saturated heterocycles. The molecule has 1 fully saturated rings. The van der Waals surface area contributed by atoms with Gasteiger partial charge in [-0.15, -0.1) is 0 Å². The maximum Gasteiger partial charge on any atom is 0.414 e. The summed E-state index contributed by atoms with van der Waals surface area (Å²) in [5.41, 5.74) is 0. The van der Waals surface area contributed by atoms with E-state index in [-0.39, 0.29) is 0 Å². The second-order valence-electron chi connectivity index (χ2n) is 2.38. The van der Waals surface area contributed by atoms with Gasteiger partial charge in [-0.1, -0.05) is 32.1 Å². The molecule has 0 atom stereocenters. The van der Waals surface area contributed by atoms with Crippen LogP contribution in [0.1, 0.15) is 32.1 Å². The number of carbonyl (C=O) groups is 2. The third-order valence-electron chi connectivity index (χ3n) is 1.43. The van der Waals surface area contributed by atoms with Crippen LogP contribution in [-0.4, -0.2) is 22.2 Å². The van der Waals surface area contributed by atoms with Crippen LogP contribution >= 0.6 is 0 Å². The van der Waals surface area contributed by atoms with Crippen molar-refractivity contribution in [3.8, 4) is 0 Å². The molecule has 2 N–H and O–H groups in total. The van der Waals surface area contributed by atoms with Gasteiger partial charge in [0.05, 0.1) is 0 Å². The topological polar surface area (TPSA) is 74.6 Å². The van der Waals surface area contributed by atoms with E-state index in [9.17, 15) is 0 Å². The summed E-state index contributed by atoms with van der Waals surface area (Å²) >= 11 is 0. The molecule has 0 aromatic heterocycles. The van der Waals surface area contributed by atoms with Crippen molar-refractivity contribution in [2.45, 2.75) is 32.1 Å². The molecule has 0 aromatic carbocycles. The smallest absolute Gasteiger partial charge is 0.414 e. The van der Waals surface area contributed by atoms with Gasteiger partial charge in [-0.25, -0.2) is 9.59 Å². The van der Waals surface area contributed by atoms with Crippen LogP contribution in [0.4, 0.5) is 0 Å². The zero-order chi connectivity index (χ0) is 8.69. The molecule has 1 rings (SSSR count). The fourth-order valence-electron chi connectivity index (χ4n) is 0.884. The van der Waals surface area contributed by atoms with E-state index in [1.54, 1.807) is 0 Å². The van der Waals surface area contributed by atoms with Crippen molar-refractivity contribution < 1.29 is 19.8 Å². The highest BCUT2D eigenvalue weighted by Gasteiger charge is 2.04. The monoisotopic (exact) mass is 160 g/mol. The van der Waals surface area contributed by atoms with Crippen molar-refractivity contribution in [2.24, 2.45) is 0 Å². The molecule has 64 valence electrons. The Morgan fingerprint density at radius 3 is 1.00 bits per heavy atom. The lowest BCUT2D eigenvalue weighted by Crippen LogP contribution is -2.09. The summed E-state index contributed by atoms with van der Waals surface area (Å²) in [6.45, 7) is 0. The van der Waals surface area contributed by atoms with Crippen LogP contribution in [0.5, 0.6) is 0 Å². The molecule has 4 nitrogen and oxygen atoms in total. The number of aliphatic carboxylic acids is 2. The van der Waals surface area contributed by atoms with E-state index in [0.29, 0.717) is 0 Å². The number of carboxylic acid groups (broad SMARTS) is 2. The van der Waals surface area contributed by atoms with Crippen molar-refractivity contribution in [1.82, 2.24) is 0 Å². The lowest BCUT2D eigenvalue weighted by Gasteiger charge is -1.72. The van der Waals surface area contributed by atoms with Crippen molar-refractivity contribution in [1.29, 1.82) is 0 Å². The zero-order valence-electron chi connectivity index (χ0n) is 6.25. The normalized spacial score (nSPS) is 14.9. The van der Waals surface area contributed by atoms with E-state index in [2.05, 4.69) is 0 Å². The number of hydrogen-bond acceptors (Lipinski definition) is 2. The van der Waals surface area contributed by atoms with Gasteiger partial charge in [0.25, 0.3) is 0 Å². The Hall–Kier alpha value is -1.06. The first-order chi connectivity index (χ1) is 5.14. The Bertz CT molecular complexity index is 118. The largest absolute Gasteiger partial charge is 0.473 e. The summed E-state index contributed by atoms with van der Waals surface area (Å²) in [6.07, 6.45) is 7.50. The molecule has 1 aliphatic carbocycles. The summed E-state index contributed by atoms with van der Waals surface area (Å²) in [5.74, 6) is -3.65. The van der Waals surface area contributed by atoms with Crippen LogP contribution < -0.4 is 0 Å². The van der Waals surface area contributed by atoms with Gasteiger partial charge in [0.15, 0.2) is 0 Å². The molecule has 1 saturated carbocycles. The summed E-state index contributed by atoms with van der Waals surface area (Å²) in [7, 11) is 0. The summed E-state index contributed by atoms with van der Waals surface area (Å²) in [4.78, 5) is 18.2. The van der Waals surface area contributed by atoms with Crippen LogP contribution in [-0.2, 0) is 9.59 Å². The van der Waals surface area contributed by atoms with Gasteiger partial charge < -0.3 is 10.2 Å². The summed E-state index contributed by atoms with van der Waals surface area (Å²) < 4.78 is 0. The van der Waals surface area contributed by atoms with Crippen molar-refractivity contribution in [3.05, 3.63) is 0 Å². The molecule has 0 heterocycles. The molecule has 4 heteroatoms. The predicted octanol–water partition coefficient (Wildman–Crippen LogP) is 1.11. The minimum atomic E-state index is -1.82. The third-order valence-corrected chi connectivity index (χ3v) is 1.43. The lowest BCUT2D eigenvalue weighted by molar-refractivity contribution is -0.159. The van der Waals surface area contributed by atoms with Gasteiger partial charge >= 0.3 is 11.9 Å². The summed E-state index contributed by atoms with van der Waals surface area (Å²) in [5, 5.41) is 14.8. The molecule has 11 heavy (non-hydrogen) atoms.